The van der Waals surface area contributed by atoms with Crippen LogP contribution >= 0.6 is 0 Å². The molecule has 0 aromatic heterocycles. The fourth-order valence-corrected chi connectivity index (χ4v) is 8.49. The summed E-state index contributed by atoms with van der Waals surface area (Å²) in [7, 11) is 0. The van der Waals surface area contributed by atoms with Gasteiger partial charge >= 0.3 is 11.9 Å². The lowest BCUT2D eigenvalue weighted by Gasteiger charge is -2.30. The maximum Gasteiger partial charge on any atom is 0.306 e. The molecule has 0 saturated heterocycles. The third-order valence-electron chi connectivity index (χ3n) is 12.9. The molecule has 0 radical (unpaired) electrons. The highest BCUT2D eigenvalue weighted by Crippen LogP contribution is 2.24. The van der Waals surface area contributed by atoms with Crippen LogP contribution in [0.5, 0.6) is 0 Å². The molecule has 0 aromatic rings. The molecular formula is C56H110O6. The summed E-state index contributed by atoms with van der Waals surface area (Å²) < 4.78 is 24.6. The van der Waals surface area contributed by atoms with Gasteiger partial charge in [0, 0.05) is 26.1 Å². The minimum absolute atomic E-state index is 0.0152. The molecule has 6 nitrogen and oxygen atoms in total. The number of rotatable bonds is 49. The number of unbranched alkanes of at least 4 members (excludes halogenated alkanes) is 28. The molecule has 0 spiro atoms. The van der Waals surface area contributed by atoms with E-state index < -0.39 is 0 Å². The summed E-state index contributed by atoms with van der Waals surface area (Å²) in [5, 5.41) is 0. The summed E-state index contributed by atoms with van der Waals surface area (Å²) in [5.41, 5.74) is 0.0270. The summed E-state index contributed by atoms with van der Waals surface area (Å²) >= 11 is 0. The minimum Gasteiger partial charge on any atom is -0.462 e. The van der Waals surface area contributed by atoms with Gasteiger partial charge in [-0.3, -0.25) is 9.59 Å². The van der Waals surface area contributed by atoms with E-state index in [0.717, 1.165) is 103 Å². The molecule has 0 saturated carbocycles. The predicted molar refractivity (Wildman–Crippen MR) is 267 cm³/mol. The molecule has 0 aromatic carbocycles. The summed E-state index contributed by atoms with van der Waals surface area (Å²) in [6, 6.07) is 0. The smallest absolute Gasteiger partial charge is 0.306 e. The summed E-state index contributed by atoms with van der Waals surface area (Å²) in [4.78, 5) is 25.5. The number of carbonyl (C=O) groups is 2. The first-order valence-electron chi connectivity index (χ1n) is 27.8. The molecule has 0 aliphatic heterocycles. The van der Waals surface area contributed by atoms with E-state index in [0.29, 0.717) is 19.4 Å². The van der Waals surface area contributed by atoms with Crippen molar-refractivity contribution >= 4 is 11.9 Å². The molecule has 0 aliphatic carbocycles. The SMILES string of the molecule is CCCCCCCCC(CCCCCCCC)OC(=O)CCCCCCCOCC(OCCCCCCCC(=O)OC(CCCCCCCC)CCCCCCCC)C(C)(C)C. The zero-order chi connectivity index (χ0) is 45.6. The molecule has 370 valence electrons. The lowest BCUT2D eigenvalue weighted by molar-refractivity contribution is -0.151. The van der Waals surface area contributed by atoms with Gasteiger partial charge in [0.25, 0.3) is 0 Å². The zero-order valence-corrected chi connectivity index (χ0v) is 43.1. The molecule has 0 fully saturated rings. The Hall–Kier alpha value is -1.14. The Kier molecular flexibility index (Phi) is 45.5. The van der Waals surface area contributed by atoms with E-state index >= 15 is 0 Å². The lowest BCUT2D eigenvalue weighted by atomic mass is 9.89. The molecule has 1 unspecified atom stereocenters. The number of hydrogen-bond acceptors (Lipinski definition) is 6. The zero-order valence-electron chi connectivity index (χ0n) is 43.1. The van der Waals surface area contributed by atoms with Crippen molar-refractivity contribution in [3.8, 4) is 0 Å². The molecule has 0 heterocycles. The van der Waals surface area contributed by atoms with Crippen LogP contribution in [0.25, 0.3) is 0 Å². The maximum atomic E-state index is 12.8. The largest absolute Gasteiger partial charge is 0.462 e. The van der Waals surface area contributed by atoms with Crippen molar-refractivity contribution < 1.29 is 28.5 Å². The standard InChI is InChI=1S/C56H110O6/c1-8-12-16-20-26-34-42-51(43-35-27-21-17-13-9-2)61-54(57)46-38-30-24-32-40-48-59-50-53(56(5,6)7)60-49-41-33-25-31-39-47-55(58)62-52(44-36-28-22-18-14-10-3)45-37-29-23-19-15-11-4/h51-53H,8-50H2,1-7H3. The Labute approximate surface area is 388 Å². The quantitative estimate of drug-likeness (QED) is 0.0448. The van der Waals surface area contributed by atoms with Crippen LogP contribution < -0.4 is 0 Å². The molecule has 62 heavy (non-hydrogen) atoms. The van der Waals surface area contributed by atoms with Crippen LogP contribution in [-0.2, 0) is 28.5 Å². The average molecular weight is 879 g/mol. The second-order valence-electron chi connectivity index (χ2n) is 20.3. The normalized spacial score (nSPS) is 12.5. The van der Waals surface area contributed by atoms with E-state index in [1.165, 1.54) is 154 Å². The molecule has 6 heteroatoms. The maximum absolute atomic E-state index is 12.8. The van der Waals surface area contributed by atoms with Gasteiger partial charge in [-0.05, 0) is 82.5 Å². The van der Waals surface area contributed by atoms with Gasteiger partial charge in [-0.1, -0.05) is 215 Å². The van der Waals surface area contributed by atoms with E-state index in [1.54, 1.807) is 0 Å². The fourth-order valence-electron chi connectivity index (χ4n) is 8.49. The molecule has 0 N–H and O–H groups in total. The number of ether oxygens (including phenoxy) is 4. The highest BCUT2D eigenvalue weighted by Gasteiger charge is 2.25. The Morgan fingerprint density at radius 3 is 1.00 bits per heavy atom. The van der Waals surface area contributed by atoms with Gasteiger partial charge in [-0.15, -0.1) is 0 Å². The minimum atomic E-state index is 0.0152. The molecule has 0 aliphatic rings. The van der Waals surface area contributed by atoms with E-state index in [4.69, 9.17) is 18.9 Å². The van der Waals surface area contributed by atoms with Crippen LogP contribution in [-0.4, -0.2) is 50.1 Å². The van der Waals surface area contributed by atoms with E-state index in [2.05, 4.69) is 48.5 Å². The molecule has 1 atom stereocenters. The van der Waals surface area contributed by atoms with Crippen LogP contribution in [0.1, 0.15) is 305 Å². The van der Waals surface area contributed by atoms with Crippen LogP contribution in [0.2, 0.25) is 0 Å². The molecule has 0 amide bonds. The van der Waals surface area contributed by atoms with Crippen LogP contribution in [0.15, 0.2) is 0 Å². The van der Waals surface area contributed by atoms with Gasteiger partial charge < -0.3 is 18.9 Å². The van der Waals surface area contributed by atoms with Gasteiger partial charge in [0.2, 0.25) is 0 Å². The summed E-state index contributed by atoms with van der Waals surface area (Å²) in [6.07, 6.45) is 47.0. The number of esters is 2. The van der Waals surface area contributed by atoms with Crippen molar-refractivity contribution in [2.24, 2.45) is 5.41 Å². The van der Waals surface area contributed by atoms with Crippen molar-refractivity contribution in [1.29, 1.82) is 0 Å². The van der Waals surface area contributed by atoms with Crippen molar-refractivity contribution in [3.05, 3.63) is 0 Å². The Bertz CT molecular complexity index is 898. The van der Waals surface area contributed by atoms with Crippen LogP contribution in [0.3, 0.4) is 0 Å². The average Bonchev–Trinajstić information content (AvgIpc) is 3.24. The van der Waals surface area contributed by atoms with E-state index in [-0.39, 0.29) is 35.7 Å². The van der Waals surface area contributed by atoms with Crippen molar-refractivity contribution in [2.75, 3.05) is 19.8 Å². The number of carbonyl (C=O) groups excluding carboxylic acids is 2. The first-order valence-corrected chi connectivity index (χ1v) is 27.8. The first-order chi connectivity index (χ1) is 30.2. The summed E-state index contributed by atoms with van der Waals surface area (Å²) in [6.45, 7) is 17.9. The highest BCUT2D eigenvalue weighted by molar-refractivity contribution is 5.69. The number of hydrogen-bond donors (Lipinski definition) is 0. The van der Waals surface area contributed by atoms with Gasteiger partial charge in [0.1, 0.15) is 12.2 Å². The Morgan fingerprint density at radius 1 is 0.371 bits per heavy atom. The van der Waals surface area contributed by atoms with Gasteiger partial charge in [0.05, 0.1) is 12.7 Å². The predicted octanol–water partition coefficient (Wildman–Crippen LogP) is 17.9. The third kappa shape index (κ3) is 42.8. The van der Waals surface area contributed by atoms with Crippen LogP contribution in [0.4, 0.5) is 0 Å². The highest BCUT2D eigenvalue weighted by atomic mass is 16.5. The topological polar surface area (TPSA) is 71.1 Å². The van der Waals surface area contributed by atoms with Gasteiger partial charge in [-0.2, -0.15) is 0 Å². The summed E-state index contributed by atoms with van der Waals surface area (Å²) in [5.74, 6) is 0.0305. The van der Waals surface area contributed by atoms with Gasteiger partial charge in [0.15, 0.2) is 0 Å². The van der Waals surface area contributed by atoms with Crippen LogP contribution in [0, 0.1) is 5.41 Å². The lowest BCUT2D eigenvalue weighted by Crippen LogP contribution is -2.34. The van der Waals surface area contributed by atoms with Crippen molar-refractivity contribution in [2.45, 2.75) is 324 Å². The molecular weight excluding hydrogens is 769 g/mol. The first kappa shape index (κ1) is 60.9. The second-order valence-corrected chi connectivity index (χ2v) is 20.3. The third-order valence-corrected chi connectivity index (χ3v) is 12.9. The van der Waals surface area contributed by atoms with Crippen molar-refractivity contribution in [1.82, 2.24) is 0 Å². The molecule has 0 bridgehead atoms. The Morgan fingerprint density at radius 2 is 0.661 bits per heavy atom. The van der Waals surface area contributed by atoms with E-state index in [1.807, 2.05) is 0 Å². The molecule has 0 rings (SSSR count). The second kappa shape index (κ2) is 46.4. The monoisotopic (exact) mass is 879 g/mol. The van der Waals surface area contributed by atoms with Gasteiger partial charge in [-0.25, -0.2) is 0 Å². The fraction of sp³-hybridized carbons (Fsp3) is 0.964. The Balaban J connectivity index is 4.21. The van der Waals surface area contributed by atoms with E-state index in [9.17, 15) is 9.59 Å². The van der Waals surface area contributed by atoms with Crippen molar-refractivity contribution in [3.63, 3.8) is 0 Å².